The van der Waals surface area contributed by atoms with Gasteiger partial charge in [-0.3, -0.25) is 20.2 Å². The highest BCUT2D eigenvalue weighted by Gasteiger charge is 2.52. The summed E-state index contributed by atoms with van der Waals surface area (Å²) in [5.41, 5.74) is -1.09. The minimum Gasteiger partial charge on any atom is -0.277 e. The molecule has 1 rings (SSSR count). The third-order valence-electron chi connectivity index (χ3n) is 3.65. The van der Waals surface area contributed by atoms with E-state index in [-0.39, 0.29) is 5.92 Å². The second kappa shape index (κ2) is 5.29. The third-order valence-corrected chi connectivity index (χ3v) is 3.65. The van der Waals surface area contributed by atoms with Gasteiger partial charge in [-0.25, -0.2) is 4.79 Å². The van der Waals surface area contributed by atoms with Crippen LogP contribution in [0.15, 0.2) is 0 Å². The average Bonchev–Trinajstić information content (AvgIpc) is 2.26. The standard InChI is InChI=1S/C12H20N2O3/c1-4-6-7-8(3)12(5-2)9(15)13-11(17)14-10(12)16/h8H,4-7H2,1-3H3,(H2,13,14,15,16,17)/t8-/m0/s1. The maximum Gasteiger partial charge on any atom is 0.328 e. The van der Waals surface area contributed by atoms with Crippen LogP contribution >= 0.6 is 0 Å². The lowest BCUT2D eigenvalue weighted by atomic mass is 9.69. The van der Waals surface area contributed by atoms with Gasteiger partial charge in [0, 0.05) is 0 Å². The summed E-state index contributed by atoms with van der Waals surface area (Å²) in [5.74, 6) is -0.991. The van der Waals surface area contributed by atoms with Crippen molar-refractivity contribution in [2.45, 2.75) is 46.5 Å². The normalized spacial score (nSPS) is 20.8. The van der Waals surface area contributed by atoms with E-state index in [1.165, 1.54) is 0 Å². The maximum atomic E-state index is 12.0. The number of rotatable bonds is 5. The minimum absolute atomic E-state index is 0.0689. The zero-order valence-electron chi connectivity index (χ0n) is 10.6. The fourth-order valence-electron chi connectivity index (χ4n) is 2.44. The Morgan fingerprint density at radius 2 is 1.65 bits per heavy atom. The molecule has 0 spiro atoms. The van der Waals surface area contributed by atoms with Crippen LogP contribution in [0.4, 0.5) is 4.79 Å². The number of carbonyl (C=O) groups is 3. The van der Waals surface area contributed by atoms with E-state index in [1.54, 1.807) is 6.92 Å². The fraction of sp³-hybridized carbons (Fsp3) is 0.750. The fourth-order valence-corrected chi connectivity index (χ4v) is 2.44. The number of carbonyl (C=O) groups excluding carboxylic acids is 3. The number of urea groups is 1. The number of hydrogen-bond acceptors (Lipinski definition) is 3. The smallest absolute Gasteiger partial charge is 0.277 e. The van der Waals surface area contributed by atoms with Crippen LogP contribution < -0.4 is 10.6 Å². The zero-order valence-corrected chi connectivity index (χ0v) is 10.6. The van der Waals surface area contributed by atoms with E-state index < -0.39 is 23.3 Å². The molecule has 0 aromatic carbocycles. The van der Waals surface area contributed by atoms with E-state index in [0.717, 1.165) is 19.3 Å². The van der Waals surface area contributed by atoms with Crippen LogP contribution in [0.1, 0.15) is 46.5 Å². The molecule has 0 bridgehead atoms. The molecule has 0 aromatic heterocycles. The van der Waals surface area contributed by atoms with Gasteiger partial charge in [-0.15, -0.1) is 0 Å². The predicted molar refractivity (Wildman–Crippen MR) is 63.1 cm³/mol. The molecule has 0 unspecified atom stereocenters. The van der Waals surface area contributed by atoms with Gasteiger partial charge in [-0.2, -0.15) is 0 Å². The molecule has 1 atom stereocenters. The number of barbiturate groups is 1. The van der Waals surface area contributed by atoms with Gasteiger partial charge in [0.15, 0.2) is 0 Å². The molecule has 4 amide bonds. The van der Waals surface area contributed by atoms with E-state index >= 15 is 0 Å². The predicted octanol–water partition coefficient (Wildman–Crippen LogP) is 1.58. The van der Waals surface area contributed by atoms with Gasteiger partial charge >= 0.3 is 6.03 Å². The lowest BCUT2D eigenvalue weighted by molar-refractivity contribution is -0.148. The van der Waals surface area contributed by atoms with Gasteiger partial charge in [0.25, 0.3) is 0 Å². The molecule has 0 aromatic rings. The first-order chi connectivity index (χ1) is 7.98. The van der Waals surface area contributed by atoms with E-state index in [4.69, 9.17) is 0 Å². The Hall–Kier alpha value is -1.39. The first-order valence-corrected chi connectivity index (χ1v) is 6.15. The third kappa shape index (κ3) is 2.33. The molecule has 1 heterocycles. The van der Waals surface area contributed by atoms with Crippen LogP contribution in [0.25, 0.3) is 0 Å². The Labute approximate surface area is 101 Å². The van der Waals surface area contributed by atoms with E-state index in [9.17, 15) is 14.4 Å². The molecule has 2 N–H and O–H groups in total. The molecule has 17 heavy (non-hydrogen) atoms. The molecule has 0 aliphatic carbocycles. The molecular weight excluding hydrogens is 220 g/mol. The molecule has 0 saturated carbocycles. The van der Waals surface area contributed by atoms with Gasteiger partial charge in [-0.1, -0.05) is 33.6 Å². The summed E-state index contributed by atoms with van der Waals surface area (Å²) in [6, 6.07) is -0.716. The molecule has 1 fully saturated rings. The first kappa shape index (κ1) is 13.7. The Morgan fingerprint density at radius 3 is 2.06 bits per heavy atom. The van der Waals surface area contributed by atoms with Crippen LogP contribution in [-0.4, -0.2) is 17.8 Å². The van der Waals surface area contributed by atoms with Gasteiger partial charge in [0.2, 0.25) is 11.8 Å². The van der Waals surface area contributed by atoms with Gasteiger partial charge < -0.3 is 0 Å². The largest absolute Gasteiger partial charge is 0.328 e. The summed E-state index contributed by atoms with van der Waals surface area (Å²) in [5, 5.41) is 4.40. The number of unbranched alkanes of at least 4 members (excludes halogenated alkanes) is 1. The van der Waals surface area contributed by atoms with Crippen LogP contribution in [0.3, 0.4) is 0 Å². The first-order valence-electron chi connectivity index (χ1n) is 6.15. The van der Waals surface area contributed by atoms with Crippen LogP contribution in [0.2, 0.25) is 0 Å². The van der Waals surface area contributed by atoms with Crippen LogP contribution in [0.5, 0.6) is 0 Å². The Bertz CT molecular complexity index is 319. The van der Waals surface area contributed by atoms with Gasteiger partial charge in [0.05, 0.1) is 0 Å². The van der Waals surface area contributed by atoms with Crippen molar-refractivity contribution in [2.75, 3.05) is 0 Å². The number of imide groups is 2. The van der Waals surface area contributed by atoms with Gasteiger partial charge in [0.1, 0.15) is 5.41 Å². The highest BCUT2D eigenvalue weighted by atomic mass is 16.2. The summed E-state index contributed by atoms with van der Waals surface area (Å²) in [6.45, 7) is 5.77. The van der Waals surface area contributed by atoms with Crippen molar-refractivity contribution in [1.82, 2.24) is 10.6 Å². The molecule has 1 aliphatic rings. The summed E-state index contributed by atoms with van der Waals surface area (Å²) in [6.07, 6.45) is 3.20. The monoisotopic (exact) mass is 240 g/mol. The molecule has 0 radical (unpaired) electrons. The molecule has 1 aliphatic heterocycles. The molecule has 1 saturated heterocycles. The Kier molecular flexibility index (Phi) is 4.26. The second-order valence-electron chi connectivity index (χ2n) is 4.61. The van der Waals surface area contributed by atoms with E-state index in [1.807, 2.05) is 6.92 Å². The number of amides is 4. The highest BCUT2D eigenvalue weighted by molar-refractivity contribution is 6.19. The second-order valence-corrected chi connectivity index (χ2v) is 4.61. The summed E-state index contributed by atoms with van der Waals surface area (Å²) in [4.78, 5) is 35.0. The topological polar surface area (TPSA) is 75.3 Å². The average molecular weight is 240 g/mol. The van der Waals surface area contributed by atoms with Crippen molar-refractivity contribution < 1.29 is 14.4 Å². The lowest BCUT2D eigenvalue weighted by Crippen LogP contribution is -2.64. The van der Waals surface area contributed by atoms with E-state index in [2.05, 4.69) is 17.6 Å². The Morgan fingerprint density at radius 1 is 1.12 bits per heavy atom. The van der Waals surface area contributed by atoms with Crippen molar-refractivity contribution in [3.63, 3.8) is 0 Å². The summed E-state index contributed by atoms with van der Waals surface area (Å²) in [7, 11) is 0. The van der Waals surface area contributed by atoms with Crippen molar-refractivity contribution in [3.8, 4) is 0 Å². The quantitative estimate of drug-likeness (QED) is 0.716. The molecular formula is C12H20N2O3. The molecule has 5 heteroatoms. The maximum absolute atomic E-state index is 12.0. The molecule has 96 valence electrons. The van der Waals surface area contributed by atoms with Crippen molar-refractivity contribution in [1.29, 1.82) is 0 Å². The van der Waals surface area contributed by atoms with Crippen molar-refractivity contribution in [2.24, 2.45) is 11.3 Å². The number of nitrogens with one attached hydrogen (secondary N) is 2. The lowest BCUT2D eigenvalue weighted by Gasteiger charge is -2.37. The van der Waals surface area contributed by atoms with Crippen molar-refractivity contribution >= 4 is 17.8 Å². The zero-order chi connectivity index (χ0) is 13.1. The van der Waals surface area contributed by atoms with E-state index in [0.29, 0.717) is 6.42 Å². The SMILES string of the molecule is CCCC[C@H](C)C1(CC)C(=O)NC(=O)NC1=O. The van der Waals surface area contributed by atoms with Crippen LogP contribution in [0, 0.1) is 11.3 Å². The Balaban J connectivity index is 2.96. The minimum atomic E-state index is -1.09. The molecule has 5 nitrogen and oxygen atoms in total. The number of hydrogen-bond donors (Lipinski definition) is 2. The van der Waals surface area contributed by atoms with Crippen molar-refractivity contribution in [3.05, 3.63) is 0 Å². The van der Waals surface area contributed by atoms with Gasteiger partial charge in [-0.05, 0) is 18.8 Å². The summed E-state index contributed by atoms with van der Waals surface area (Å²) >= 11 is 0. The van der Waals surface area contributed by atoms with Crippen LogP contribution in [-0.2, 0) is 9.59 Å². The summed E-state index contributed by atoms with van der Waals surface area (Å²) < 4.78 is 0. The highest BCUT2D eigenvalue weighted by Crippen LogP contribution is 2.36.